The summed E-state index contributed by atoms with van der Waals surface area (Å²) in [5.74, 6) is -3.35. The van der Waals surface area contributed by atoms with E-state index in [2.05, 4.69) is 0 Å². The molecule has 0 radical (unpaired) electrons. The molecule has 0 spiro atoms. The third-order valence-electron chi connectivity index (χ3n) is 1.40. The zero-order valence-corrected chi connectivity index (χ0v) is 7.13. The zero-order chi connectivity index (χ0) is 9.35. The monoisotopic (exact) mass is 198 g/mol. The molecular weight excluding hydrogens is 190 g/mol. The normalized spacial score (nSPS) is 18.0. The summed E-state index contributed by atoms with van der Waals surface area (Å²) in [6.45, 7) is -0.0489. The summed E-state index contributed by atoms with van der Waals surface area (Å²) in [7, 11) is -2.84. The molecule has 1 rings (SSSR count). The molecule has 0 amide bonds. The van der Waals surface area contributed by atoms with Crippen molar-refractivity contribution in [2.24, 2.45) is 0 Å². The van der Waals surface area contributed by atoms with Gasteiger partial charge in [-0.1, -0.05) is 0 Å². The lowest BCUT2D eigenvalue weighted by atomic mass is 10.9. The zero-order valence-electron chi connectivity index (χ0n) is 6.31. The van der Waals surface area contributed by atoms with Crippen molar-refractivity contribution >= 4 is 10.0 Å². The molecule has 0 aromatic carbocycles. The molecule has 7 heteroatoms. The first-order valence-corrected chi connectivity index (χ1v) is 4.62. The third-order valence-corrected chi connectivity index (χ3v) is 2.74. The number of hydrogen-bond acceptors (Lipinski definition) is 3. The first-order valence-electron chi connectivity index (χ1n) is 3.12. The number of nitrogens with zero attached hydrogens (tertiary/aromatic N) is 2. The Bertz CT molecular complexity index is 288. The van der Waals surface area contributed by atoms with E-state index in [9.17, 15) is 17.2 Å². The molecule has 1 aliphatic rings. The fraction of sp³-hybridized carbons (Fsp3) is 0.600. The minimum absolute atomic E-state index is 0.0489. The fourth-order valence-electron chi connectivity index (χ4n) is 0.770. The molecule has 4 nitrogen and oxygen atoms in total. The first kappa shape index (κ1) is 9.24. The Morgan fingerprint density at radius 3 is 2.33 bits per heavy atom. The van der Waals surface area contributed by atoms with Crippen LogP contribution in [0.3, 0.4) is 0 Å². The van der Waals surface area contributed by atoms with Crippen molar-refractivity contribution in [3.05, 3.63) is 12.4 Å². The largest absolute Gasteiger partial charge is 0.361 e. The molecule has 0 saturated carbocycles. The van der Waals surface area contributed by atoms with E-state index in [1.807, 2.05) is 0 Å². The number of hydrogen-bond donors (Lipinski definition) is 0. The van der Waals surface area contributed by atoms with Gasteiger partial charge >= 0.3 is 5.76 Å². The van der Waals surface area contributed by atoms with Crippen molar-refractivity contribution in [2.45, 2.75) is 5.76 Å². The van der Waals surface area contributed by atoms with E-state index in [1.54, 1.807) is 7.05 Å². The Morgan fingerprint density at radius 1 is 1.42 bits per heavy atom. The van der Waals surface area contributed by atoms with E-state index >= 15 is 0 Å². The van der Waals surface area contributed by atoms with Gasteiger partial charge < -0.3 is 4.90 Å². The standard InChI is InChI=1S/C5H8F2N2O2S/c1-8-2-3-9(4-8)12(10,11)5(6)7/h2-3,5H,4H2,1H3. The van der Waals surface area contributed by atoms with Gasteiger partial charge in [0, 0.05) is 19.4 Å². The molecular formula is C5H8F2N2O2S. The first-order chi connectivity index (χ1) is 5.44. The van der Waals surface area contributed by atoms with Gasteiger partial charge in [0.25, 0.3) is 10.0 Å². The molecule has 0 bridgehead atoms. The minimum Gasteiger partial charge on any atom is -0.361 e. The maximum atomic E-state index is 11.9. The van der Waals surface area contributed by atoms with Crippen molar-refractivity contribution in [1.29, 1.82) is 0 Å². The summed E-state index contributed by atoms with van der Waals surface area (Å²) in [5.41, 5.74) is 0. The Morgan fingerprint density at radius 2 is 2.00 bits per heavy atom. The lowest BCUT2D eigenvalue weighted by Gasteiger charge is -2.17. The third kappa shape index (κ3) is 1.50. The molecule has 0 aliphatic carbocycles. The van der Waals surface area contributed by atoms with Crippen LogP contribution >= 0.6 is 0 Å². The summed E-state index contributed by atoms with van der Waals surface area (Å²) in [4.78, 5) is 1.49. The molecule has 12 heavy (non-hydrogen) atoms. The van der Waals surface area contributed by atoms with Crippen LogP contribution in [0.2, 0.25) is 0 Å². The number of alkyl halides is 2. The highest BCUT2D eigenvalue weighted by atomic mass is 32.2. The summed E-state index contributed by atoms with van der Waals surface area (Å²) in [6, 6.07) is 0. The molecule has 0 saturated heterocycles. The van der Waals surface area contributed by atoms with Crippen molar-refractivity contribution in [3.8, 4) is 0 Å². The topological polar surface area (TPSA) is 40.6 Å². The summed E-state index contributed by atoms with van der Waals surface area (Å²) in [6.07, 6.45) is 2.53. The second-order valence-corrected chi connectivity index (χ2v) is 4.24. The molecule has 0 atom stereocenters. The molecule has 1 aliphatic heterocycles. The number of halogens is 2. The second kappa shape index (κ2) is 2.89. The van der Waals surface area contributed by atoms with Gasteiger partial charge in [0.1, 0.15) is 6.67 Å². The van der Waals surface area contributed by atoms with Gasteiger partial charge in [0.05, 0.1) is 0 Å². The van der Waals surface area contributed by atoms with Crippen LogP contribution < -0.4 is 0 Å². The molecule has 0 fully saturated rings. The van der Waals surface area contributed by atoms with Crippen molar-refractivity contribution in [2.75, 3.05) is 13.7 Å². The Labute approximate surface area is 69.1 Å². The highest BCUT2D eigenvalue weighted by Crippen LogP contribution is 2.16. The van der Waals surface area contributed by atoms with Crippen molar-refractivity contribution < 1.29 is 17.2 Å². The molecule has 0 aromatic heterocycles. The summed E-state index contributed by atoms with van der Waals surface area (Å²) < 4.78 is 46.0. The average Bonchev–Trinajstić information content (AvgIpc) is 2.35. The highest BCUT2D eigenvalue weighted by molar-refractivity contribution is 7.89. The van der Waals surface area contributed by atoms with Gasteiger partial charge in [0.2, 0.25) is 0 Å². The lowest BCUT2D eigenvalue weighted by molar-refractivity contribution is 0.221. The highest BCUT2D eigenvalue weighted by Gasteiger charge is 2.32. The number of rotatable bonds is 2. The second-order valence-electron chi connectivity index (χ2n) is 2.39. The lowest BCUT2D eigenvalue weighted by Crippen LogP contribution is -2.32. The maximum Gasteiger partial charge on any atom is 0.355 e. The van der Waals surface area contributed by atoms with E-state index < -0.39 is 15.8 Å². The van der Waals surface area contributed by atoms with Gasteiger partial charge in [-0.2, -0.15) is 8.78 Å². The van der Waals surface area contributed by atoms with E-state index in [-0.39, 0.29) is 6.67 Å². The summed E-state index contributed by atoms with van der Waals surface area (Å²) in [5, 5.41) is 0. The van der Waals surface area contributed by atoms with Gasteiger partial charge in [-0.3, -0.25) is 4.31 Å². The quantitative estimate of drug-likeness (QED) is 0.637. The SMILES string of the molecule is CN1C=CN(S(=O)(=O)C(F)F)C1. The minimum atomic E-state index is -4.44. The van der Waals surface area contributed by atoms with Crippen LogP contribution in [-0.4, -0.2) is 37.1 Å². The van der Waals surface area contributed by atoms with Crippen LogP contribution in [0.15, 0.2) is 12.4 Å². The van der Waals surface area contributed by atoms with Crippen LogP contribution in [0.5, 0.6) is 0 Å². The average molecular weight is 198 g/mol. The van der Waals surface area contributed by atoms with Crippen LogP contribution in [0.4, 0.5) is 8.78 Å². The van der Waals surface area contributed by atoms with Crippen LogP contribution in [0.1, 0.15) is 0 Å². The maximum absolute atomic E-state index is 11.9. The smallest absolute Gasteiger partial charge is 0.355 e. The van der Waals surface area contributed by atoms with E-state index in [0.717, 1.165) is 6.20 Å². The summed E-state index contributed by atoms with van der Waals surface area (Å²) >= 11 is 0. The van der Waals surface area contributed by atoms with Crippen LogP contribution in [0.25, 0.3) is 0 Å². The van der Waals surface area contributed by atoms with E-state index in [0.29, 0.717) is 4.31 Å². The van der Waals surface area contributed by atoms with Gasteiger partial charge in [0.15, 0.2) is 0 Å². The van der Waals surface area contributed by atoms with E-state index in [4.69, 9.17) is 0 Å². The number of sulfonamides is 1. The van der Waals surface area contributed by atoms with Crippen LogP contribution in [-0.2, 0) is 10.0 Å². The molecule has 0 unspecified atom stereocenters. The van der Waals surface area contributed by atoms with Crippen molar-refractivity contribution in [1.82, 2.24) is 9.21 Å². The van der Waals surface area contributed by atoms with Gasteiger partial charge in [-0.25, -0.2) is 8.42 Å². The van der Waals surface area contributed by atoms with Gasteiger partial charge in [-0.05, 0) is 0 Å². The molecule has 1 heterocycles. The van der Waals surface area contributed by atoms with Crippen LogP contribution in [0, 0.1) is 0 Å². The van der Waals surface area contributed by atoms with Gasteiger partial charge in [-0.15, -0.1) is 0 Å². The van der Waals surface area contributed by atoms with E-state index in [1.165, 1.54) is 11.1 Å². The Hall–Kier alpha value is -0.850. The Kier molecular flexibility index (Phi) is 2.22. The van der Waals surface area contributed by atoms with Crippen molar-refractivity contribution in [3.63, 3.8) is 0 Å². The molecule has 70 valence electrons. The molecule has 0 N–H and O–H groups in total. The fourth-order valence-corrected chi connectivity index (χ4v) is 1.54. The predicted octanol–water partition coefficient (Wildman–Crippen LogP) is 0.215. The molecule has 0 aromatic rings. The Balaban J connectivity index is 2.80. The predicted molar refractivity (Wildman–Crippen MR) is 38.5 cm³/mol.